The number of hydrogen-bond donors (Lipinski definition) is 2. The van der Waals surface area contributed by atoms with Crippen molar-refractivity contribution in [1.29, 1.82) is 0 Å². The van der Waals surface area contributed by atoms with E-state index in [0.717, 1.165) is 18.8 Å². The molecule has 0 spiro atoms. The van der Waals surface area contributed by atoms with Crippen LogP contribution in [0.5, 0.6) is 0 Å². The number of hydrazine groups is 1. The highest BCUT2D eigenvalue weighted by atomic mass is 16.5. The Labute approximate surface area is 109 Å². The lowest BCUT2D eigenvalue weighted by molar-refractivity contribution is 0.215. The molecule has 0 saturated carbocycles. The summed E-state index contributed by atoms with van der Waals surface area (Å²) in [7, 11) is 0. The summed E-state index contributed by atoms with van der Waals surface area (Å²) in [6.45, 7) is 7.39. The first kappa shape index (κ1) is 13.1. The third-order valence-corrected chi connectivity index (χ3v) is 3.26. The SMILES string of the molecule is CC(C)(C)c1ccccc1C(NN)C1=CCCO1. The monoisotopic (exact) mass is 246 g/mol. The molecular weight excluding hydrogens is 224 g/mol. The van der Waals surface area contributed by atoms with Gasteiger partial charge in [0.1, 0.15) is 11.8 Å². The number of benzene rings is 1. The van der Waals surface area contributed by atoms with Gasteiger partial charge in [-0.3, -0.25) is 5.84 Å². The van der Waals surface area contributed by atoms with Gasteiger partial charge in [0.05, 0.1) is 6.61 Å². The molecule has 0 amide bonds. The van der Waals surface area contributed by atoms with E-state index in [4.69, 9.17) is 10.6 Å². The first-order valence-electron chi connectivity index (χ1n) is 6.42. The highest BCUT2D eigenvalue weighted by molar-refractivity contribution is 5.38. The molecule has 0 radical (unpaired) electrons. The fourth-order valence-electron chi connectivity index (χ4n) is 2.39. The molecule has 1 aliphatic heterocycles. The Balaban J connectivity index is 2.42. The zero-order chi connectivity index (χ0) is 13.2. The molecule has 0 fully saturated rings. The Morgan fingerprint density at radius 1 is 1.28 bits per heavy atom. The van der Waals surface area contributed by atoms with Crippen molar-refractivity contribution in [2.45, 2.75) is 38.6 Å². The lowest BCUT2D eigenvalue weighted by atomic mass is 9.81. The van der Waals surface area contributed by atoms with Crippen molar-refractivity contribution in [3.63, 3.8) is 0 Å². The average Bonchev–Trinajstić information content (AvgIpc) is 2.83. The molecule has 1 unspecified atom stereocenters. The minimum atomic E-state index is -0.0528. The molecule has 1 aromatic carbocycles. The maximum absolute atomic E-state index is 5.73. The van der Waals surface area contributed by atoms with Crippen molar-refractivity contribution in [2.75, 3.05) is 6.61 Å². The van der Waals surface area contributed by atoms with Crippen LogP contribution in [0.2, 0.25) is 0 Å². The van der Waals surface area contributed by atoms with Crippen molar-refractivity contribution >= 4 is 0 Å². The van der Waals surface area contributed by atoms with Crippen LogP contribution in [0, 0.1) is 0 Å². The molecule has 18 heavy (non-hydrogen) atoms. The van der Waals surface area contributed by atoms with Crippen LogP contribution in [-0.2, 0) is 10.2 Å². The standard InChI is InChI=1S/C15H22N2O/c1-15(2,3)12-8-5-4-7-11(12)14(17-16)13-9-6-10-18-13/h4-5,7-9,14,17H,6,10,16H2,1-3H3. The topological polar surface area (TPSA) is 47.3 Å². The zero-order valence-corrected chi connectivity index (χ0v) is 11.4. The van der Waals surface area contributed by atoms with Crippen LogP contribution >= 0.6 is 0 Å². The van der Waals surface area contributed by atoms with Gasteiger partial charge in [-0.05, 0) is 22.6 Å². The highest BCUT2D eigenvalue weighted by Gasteiger charge is 2.26. The Kier molecular flexibility index (Phi) is 3.73. The third kappa shape index (κ3) is 2.57. The lowest BCUT2D eigenvalue weighted by Crippen LogP contribution is -2.31. The summed E-state index contributed by atoms with van der Waals surface area (Å²) >= 11 is 0. The van der Waals surface area contributed by atoms with Gasteiger partial charge in [-0.15, -0.1) is 0 Å². The van der Waals surface area contributed by atoms with Gasteiger partial charge in [0.25, 0.3) is 0 Å². The highest BCUT2D eigenvalue weighted by Crippen LogP contribution is 2.33. The number of hydrogen-bond acceptors (Lipinski definition) is 3. The van der Waals surface area contributed by atoms with Gasteiger partial charge in [0.15, 0.2) is 0 Å². The molecule has 0 aliphatic carbocycles. The Hall–Kier alpha value is -1.32. The van der Waals surface area contributed by atoms with Crippen molar-refractivity contribution in [2.24, 2.45) is 5.84 Å². The predicted octanol–water partition coefficient (Wildman–Crippen LogP) is 2.79. The van der Waals surface area contributed by atoms with Crippen molar-refractivity contribution in [3.05, 3.63) is 47.2 Å². The van der Waals surface area contributed by atoms with Gasteiger partial charge >= 0.3 is 0 Å². The molecule has 1 aliphatic rings. The molecular formula is C15H22N2O. The second kappa shape index (κ2) is 5.12. The smallest absolute Gasteiger partial charge is 0.115 e. The van der Waals surface area contributed by atoms with Gasteiger partial charge in [0.2, 0.25) is 0 Å². The van der Waals surface area contributed by atoms with E-state index in [1.807, 2.05) is 6.07 Å². The van der Waals surface area contributed by atoms with Gasteiger partial charge in [-0.2, -0.15) is 0 Å². The minimum Gasteiger partial charge on any atom is -0.496 e. The van der Waals surface area contributed by atoms with Crippen LogP contribution in [0.1, 0.15) is 44.4 Å². The number of nitrogens with two attached hydrogens (primary N) is 1. The molecule has 0 aromatic heterocycles. The van der Waals surface area contributed by atoms with Crippen LogP contribution in [0.15, 0.2) is 36.1 Å². The van der Waals surface area contributed by atoms with Crippen LogP contribution in [-0.4, -0.2) is 6.61 Å². The predicted molar refractivity (Wildman–Crippen MR) is 73.9 cm³/mol. The number of ether oxygens (including phenoxy) is 1. The maximum Gasteiger partial charge on any atom is 0.115 e. The maximum atomic E-state index is 5.73. The van der Waals surface area contributed by atoms with Gasteiger partial charge in [0, 0.05) is 6.42 Å². The van der Waals surface area contributed by atoms with Crippen LogP contribution in [0.4, 0.5) is 0 Å². The molecule has 3 nitrogen and oxygen atoms in total. The molecule has 0 bridgehead atoms. The van der Waals surface area contributed by atoms with E-state index in [0.29, 0.717) is 0 Å². The fraction of sp³-hybridized carbons (Fsp3) is 0.467. The minimum absolute atomic E-state index is 0.0528. The Morgan fingerprint density at radius 2 is 2.00 bits per heavy atom. The van der Waals surface area contributed by atoms with Crippen LogP contribution in [0.3, 0.4) is 0 Å². The third-order valence-electron chi connectivity index (χ3n) is 3.26. The quantitative estimate of drug-likeness (QED) is 0.637. The van der Waals surface area contributed by atoms with Crippen molar-refractivity contribution in [1.82, 2.24) is 5.43 Å². The summed E-state index contributed by atoms with van der Waals surface area (Å²) in [6, 6.07) is 8.34. The Bertz CT molecular complexity index is 446. The second-order valence-corrected chi connectivity index (χ2v) is 5.68. The molecule has 98 valence electrons. The van der Waals surface area contributed by atoms with E-state index in [-0.39, 0.29) is 11.5 Å². The number of nitrogens with one attached hydrogen (secondary N) is 1. The lowest BCUT2D eigenvalue weighted by Gasteiger charge is -2.27. The average molecular weight is 246 g/mol. The normalized spacial score (nSPS) is 17.2. The van der Waals surface area contributed by atoms with Crippen molar-refractivity contribution < 1.29 is 4.74 Å². The first-order chi connectivity index (χ1) is 8.54. The summed E-state index contributed by atoms with van der Waals surface area (Å²) in [5.41, 5.74) is 5.46. The van der Waals surface area contributed by atoms with Gasteiger partial charge in [-0.25, -0.2) is 5.43 Å². The van der Waals surface area contributed by atoms with Crippen molar-refractivity contribution in [3.8, 4) is 0 Å². The summed E-state index contributed by atoms with van der Waals surface area (Å²) in [6.07, 6.45) is 3.08. The fourth-order valence-corrected chi connectivity index (χ4v) is 2.39. The number of rotatable bonds is 3. The van der Waals surface area contributed by atoms with Crippen LogP contribution in [0.25, 0.3) is 0 Å². The summed E-state index contributed by atoms with van der Waals surface area (Å²) < 4.78 is 5.65. The van der Waals surface area contributed by atoms with Gasteiger partial charge in [-0.1, -0.05) is 45.0 Å². The molecule has 1 aromatic rings. The van der Waals surface area contributed by atoms with E-state index in [1.165, 1.54) is 11.1 Å². The summed E-state index contributed by atoms with van der Waals surface area (Å²) in [4.78, 5) is 0. The van der Waals surface area contributed by atoms with E-state index in [1.54, 1.807) is 0 Å². The summed E-state index contributed by atoms with van der Waals surface area (Å²) in [5.74, 6) is 6.67. The Morgan fingerprint density at radius 3 is 2.56 bits per heavy atom. The first-order valence-corrected chi connectivity index (χ1v) is 6.42. The molecule has 2 rings (SSSR count). The molecule has 1 atom stereocenters. The molecule has 3 N–H and O–H groups in total. The summed E-state index contributed by atoms with van der Waals surface area (Å²) in [5, 5.41) is 0. The molecule has 0 saturated heterocycles. The second-order valence-electron chi connectivity index (χ2n) is 5.68. The zero-order valence-electron chi connectivity index (χ0n) is 11.4. The molecule has 3 heteroatoms. The molecule has 1 heterocycles. The largest absolute Gasteiger partial charge is 0.496 e. The van der Waals surface area contributed by atoms with Gasteiger partial charge < -0.3 is 4.74 Å². The van der Waals surface area contributed by atoms with E-state index < -0.39 is 0 Å². The van der Waals surface area contributed by atoms with E-state index >= 15 is 0 Å². The van der Waals surface area contributed by atoms with E-state index in [9.17, 15) is 0 Å². The van der Waals surface area contributed by atoms with E-state index in [2.05, 4.69) is 50.5 Å². The van der Waals surface area contributed by atoms with Crippen LogP contribution < -0.4 is 11.3 Å².